The third kappa shape index (κ3) is 2.42. The molecular formula is C9H15N3OS. The first kappa shape index (κ1) is 9.86. The molecule has 5 heteroatoms. The summed E-state index contributed by atoms with van der Waals surface area (Å²) < 4.78 is 9.35. The minimum Gasteiger partial charge on any atom is -0.383 e. The molecule has 0 radical (unpaired) electrons. The van der Waals surface area contributed by atoms with Gasteiger partial charge in [-0.15, -0.1) is 0 Å². The van der Waals surface area contributed by atoms with Gasteiger partial charge in [-0.25, -0.2) is 4.98 Å². The number of nitrogens with zero attached hydrogens (tertiary/aromatic N) is 2. The fourth-order valence-electron chi connectivity index (χ4n) is 1.30. The zero-order valence-corrected chi connectivity index (χ0v) is 9.30. The molecule has 1 unspecified atom stereocenters. The van der Waals surface area contributed by atoms with Crippen molar-refractivity contribution in [2.75, 3.05) is 19.0 Å². The van der Waals surface area contributed by atoms with Crippen molar-refractivity contribution in [2.24, 2.45) is 0 Å². The predicted octanol–water partition coefficient (Wildman–Crippen LogP) is 1.86. The van der Waals surface area contributed by atoms with Gasteiger partial charge in [0.25, 0.3) is 0 Å². The van der Waals surface area contributed by atoms with Gasteiger partial charge in [0.1, 0.15) is 5.82 Å². The van der Waals surface area contributed by atoms with Crippen LogP contribution in [0.25, 0.3) is 0 Å². The molecule has 1 aromatic rings. The summed E-state index contributed by atoms with van der Waals surface area (Å²) in [5.74, 6) is 1.65. The van der Waals surface area contributed by atoms with Gasteiger partial charge in [0.05, 0.1) is 6.61 Å². The van der Waals surface area contributed by atoms with Crippen molar-refractivity contribution >= 4 is 16.7 Å². The molecule has 78 valence electrons. The van der Waals surface area contributed by atoms with Crippen molar-refractivity contribution in [3.63, 3.8) is 0 Å². The lowest BCUT2D eigenvalue weighted by atomic mass is 10.4. The third-order valence-electron chi connectivity index (χ3n) is 2.17. The van der Waals surface area contributed by atoms with E-state index >= 15 is 0 Å². The van der Waals surface area contributed by atoms with Gasteiger partial charge in [-0.1, -0.05) is 0 Å². The molecule has 0 saturated heterocycles. The molecule has 1 saturated carbocycles. The fraction of sp³-hybridized carbons (Fsp3) is 0.778. The topological polar surface area (TPSA) is 47.0 Å². The van der Waals surface area contributed by atoms with Gasteiger partial charge in [-0.3, -0.25) is 0 Å². The summed E-state index contributed by atoms with van der Waals surface area (Å²) in [6, 6.07) is 0.292. The second-order valence-electron chi connectivity index (χ2n) is 3.73. The Labute approximate surface area is 87.9 Å². The lowest BCUT2D eigenvalue weighted by molar-refractivity contribution is 0.190. The highest BCUT2D eigenvalue weighted by Crippen LogP contribution is 2.39. The van der Waals surface area contributed by atoms with Crippen LogP contribution in [-0.4, -0.2) is 29.1 Å². The maximum Gasteiger partial charge on any atom is 0.202 e. The number of hydrogen-bond acceptors (Lipinski definition) is 5. The Bertz CT molecular complexity index is 298. The van der Waals surface area contributed by atoms with Crippen LogP contribution in [0.5, 0.6) is 0 Å². The standard InChI is InChI=1S/C9H15N3OS/c1-6(5-13-2)10-9-11-8(12-14-9)7-3-4-7/h6-7H,3-5H2,1-2H3,(H,10,11,12). The summed E-state index contributed by atoms with van der Waals surface area (Å²) in [6.07, 6.45) is 2.51. The average Bonchev–Trinajstić information content (AvgIpc) is 2.89. The number of aromatic nitrogens is 2. The van der Waals surface area contributed by atoms with Crippen molar-refractivity contribution < 1.29 is 4.74 Å². The van der Waals surface area contributed by atoms with Crippen LogP contribution in [0.3, 0.4) is 0 Å². The van der Waals surface area contributed by atoms with Crippen LogP contribution in [0.2, 0.25) is 0 Å². The molecule has 2 rings (SSSR count). The second kappa shape index (κ2) is 4.23. The molecule has 0 bridgehead atoms. The van der Waals surface area contributed by atoms with Crippen LogP contribution in [0.4, 0.5) is 5.13 Å². The Kier molecular flexibility index (Phi) is 2.98. The minimum atomic E-state index is 0.292. The maximum atomic E-state index is 5.04. The Morgan fingerprint density at radius 2 is 2.43 bits per heavy atom. The molecule has 0 amide bonds. The first-order valence-corrected chi connectivity index (χ1v) is 5.66. The highest BCUT2D eigenvalue weighted by Gasteiger charge is 2.27. The van der Waals surface area contributed by atoms with E-state index in [-0.39, 0.29) is 0 Å². The Hall–Kier alpha value is -0.680. The molecule has 1 fully saturated rings. The van der Waals surface area contributed by atoms with E-state index in [2.05, 4.69) is 21.6 Å². The summed E-state index contributed by atoms with van der Waals surface area (Å²) in [5, 5.41) is 4.18. The molecule has 14 heavy (non-hydrogen) atoms. The predicted molar refractivity (Wildman–Crippen MR) is 56.8 cm³/mol. The van der Waals surface area contributed by atoms with Gasteiger partial charge in [0.2, 0.25) is 5.13 Å². The van der Waals surface area contributed by atoms with Crippen LogP contribution in [0.1, 0.15) is 31.5 Å². The molecule has 1 aliphatic carbocycles. The van der Waals surface area contributed by atoms with Crippen LogP contribution in [0, 0.1) is 0 Å². The molecule has 1 heterocycles. The monoisotopic (exact) mass is 213 g/mol. The smallest absolute Gasteiger partial charge is 0.202 e. The van der Waals surface area contributed by atoms with E-state index in [1.807, 2.05) is 0 Å². The van der Waals surface area contributed by atoms with Crippen molar-refractivity contribution in [1.29, 1.82) is 0 Å². The third-order valence-corrected chi connectivity index (χ3v) is 2.83. The van der Waals surface area contributed by atoms with Gasteiger partial charge in [-0.05, 0) is 19.8 Å². The number of rotatable bonds is 5. The molecule has 1 atom stereocenters. The highest BCUT2D eigenvalue weighted by molar-refractivity contribution is 7.09. The lowest BCUT2D eigenvalue weighted by Crippen LogP contribution is -2.20. The van der Waals surface area contributed by atoms with E-state index in [4.69, 9.17) is 4.74 Å². The lowest BCUT2D eigenvalue weighted by Gasteiger charge is -2.10. The van der Waals surface area contributed by atoms with Gasteiger partial charge in [0.15, 0.2) is 0 Å². The molecule has 0 aromatic carbocycles. The van der Waals surface area contributed by atoms with E-state index in [1.165, 1.54) is 24.4 Å². The van der Waals surface area contributed by atoms with E-state index in [1.54, 1.807) is 7.11 Å². The molecule has 0 spiro atoms. The second-order valence-corrected chi connectivity index (χ2v) is 4.48. The van der Waals surface area contributed by atoms with Crippen LogP contribution >= 0.6 is 11.5 Å². The van der Waals surface area contributed by atoms with Crippen LogP contribution < -0.4 is 5.32 Å². The SMILES string of the molecule is COCC(C)Nc1nc(C2CC2)ns1. The normalized spacial score (nSPS) is 18.1. The number of ether oxygens (including phenoxy) is 1. The number of methoxy groups -OCH3 is 1. The van der Waals surface area contributed by atoms with E-state index in [0.29, 0.717) is 18.6 Å². The maximum absolute atomic E-state index is 5.04. The van der Waals surface area contributed by atoms with Crippen molar-refractivity contribution in [1.82, 2.24) is 9.36 Å². The van der Waals surface area contributed by atoms with Gasteiger partial charge >= 0.3 is 0 Å². The first-order valence-electron chi connectivity index (χ1n) is 4.88. The number of nitrogens with one attached hydrogen (secondary N) is 1. The van der Waals surface area contributed by atoms with Gasteiger partial charge < -0.3 is 10.1 Å². The Morgan fingerprint density at radius 1 is 1.64 bits per heavy atom. The summed E-state index contributed by atoms with van der Waals surface area (Å²) in [6.45, 7) is 2.76. The Balaban J connectivity index is 1.88. The molecule has 4 nitrogen and oxygen atoms in total. The van der Waals surface area contributed by atoms with Crippen molar-refractivity contribution in [3.05, 3.63) is 5.82 Å². The molecule has 1 N–H and O–H groups in total. The quantitative estimate of drug-likeness (QED) is 0.811. The molecule has 1 aliphatic rings. The minimum absolute atomic E-state index is 0.292. The summed E-state index contributed by atoms with van der Waals surface area (Å²) in [5.41, 5.74) is 0. The van der Waals surface area contributed by atoms with Crippen LogP contribution in [0.15, 0.2) is 0 Å². The van der Waals surface area contributed by atoms with Crippen molar-refractivity contribution in [2.45, 2.75) is 31.7 Å². The molecule has 1 aromatic heterocycles. The van der Waals surface area contributed by atoms with Gasteiger partial charge in [-0.2, -0.15) is 4.37 Å². The molecular weight excluding hydrogens is 198 g/mol. The summed E-state index contributed by atoms with van der Waals surface area (Å²) >= 11 is 1.44. The largest absolute Gasteiger partial charge is 0.383 e. The molecule has 0 aliphatic heterocycles. The van der Waals surface area contributed by atoms with E-state index in [0.717, 1.165) is 11.0 Å². The summed E-state index contributed by atoms with van der Waals surface area (Å²) in [7, 11) is 1.70. The average molecular weight is 213 g/mol. The zero-order chi connectivity index (χ0) is 9.97. The Morgan fingerprint density at radius 3 is 3.07 bits per heavy atom. The fourth-order valence-corrected chi connectivity index (χ4v) is 2.06. The van der Waals surface area contributed by atoms with E-state index in [9.17, 15) is 0 Å². The number of anilines is 1. The van der Waals surface area contributed by atoms with E-state index < -0.39 is 0 Å². The number of hydrogen-bond donors (Lipinski definition) is 1. The highest BCUT2D eigenvalue weighted by atomic mass is 32.1. The van der Waals surface area contributed by atoms with Gasteiger partial charge in [0, 0.05) is 30.6 Å². The van der Waals surface area contributed by atoms with Crippen molar-refractivity contribution in [3.8, 4) is 0 Å². The van der Waals surface area contributed by atoms with Crippen LogP contribution in [-0.2, 0) is 4.74 Å². The summed E-state index contributed by atoms with van der Waals surface area (Å²) in [4.78, 5) is 4.44. The zero-order valence-electron chi connectivity index (χ0n) is 8.49. The first-order chi connectivity index (χ1) is 6.79.